The minimum Gasteiger partial charge on any atom is -0.345 e. The number of nitrogens with one attached hydrogen (secondary N) is 2. The molecule has 2 aliphatic rings. The third-order valence-electron chi connectivity index (χ3n) is 7.76. The topological polar surface area (TPSA) is 79.1 Å². The number of aryl methyl sites for hydroxylation is 1. The van der Waals surface area contributed by atoms with E-state index in [2.05, 4.69) is 24.7 Å². The van der Waals surface area contributed by atoms with Gasteiger partial charge in [-0.3, -0.25) is 9.08 Å². The molecule has 0 saturated carbocycles. The van der Waals surface area contributed by atoms with E-state index in [1.807, 2.05) is 44.0 Å². The lowest BCUT2D eigenvalue weighted by Gasteiger charge is -2.45. The molecule has 2 N–H and O–H groups in total. The molecule has 2 saturated heterocycles. The number of imidazole rings is 1. The van der Waals surface area contributed by atoms with Gasteiger partial charge >= 0.3 is 0 Å². The SMILES string of the molecule is Cn1cc2c(Cl)c(-c3c[nH]c4nc(N5CCC6(CCCCN6)CC5)n5ccnc5c34)ccc2n1. The summed E-state index contributed by atoms with van der Waals surface area (Å²) in [5.74, 6) is 0.952. The minimum absolute atomic E-state index is 0.314. The Balaban J connectivity index is 1.32. The third-order valence-corrected chi connectivity index (χ3v) is 8.17. The van der Waals surface area contributed by atoms with Gasteiger partial charge in [0.2, 0.25) is 5.95 Å². The Bertz CT molecular complexity index is 1530. The van der Waals surface area contributed by atoms with Crippen LogP contribution in [0.2, 0.25) is 5.02 Å². The first-order chi connectivity index (χ1) is 16.6. The van der Waals surface area contributed by atoms with Gasteiger partial charge in [-0.25, -0.2) is 4.98 Å². The fraction of sp³-hybridized carbons (Fsp3) is 0.400. The summed E-state index contributed by atoms with van der Waals surface area (Å²) >= 11 is 6.87. The molecule has 0 atom stereocenters. The summed E-state index contributed by atoms with van der Waals surface area (Å²) in [4.78, 5) is 15.6. The maximum Gasteiger partial charge on any atom is 0.213 e. The summed E-state index contributed by atoms with van der Waals surface area (Å²) in [6, 6.07) is 4.05. The lowest BCUT2D eigenvalue weighted by atomic mass is 9.80. The molecule has 9 heteroatoms. The molecule has 8 nitrogen and oxygen atoms in total. The van der Waals surface area contributed by atoms with Crippen molar-refractivity contribution in [3.63, 3.8) is 0 Å². The Morgan fingerprint density at radius 3 is 2.79 bits per heavy atom. The van der Waals surface area contributed by atoms with Gasteiger partial charge in [0.1, 0.15) is 5.65 Å². The average molecular weight is 475 g/mol. The first-order valence-corrected chi connectivity index (χ1v) is 12.5. The van der Waals surface area contributed by atoms with Crippen LogP contribution in [0.5, 0.6) is 0 Å². The van der Waals surface area contributed by atoms with Gasteiger partial charge in [-0.05, 0) is 38.3 Å². The average Bonchev–Trinajstić information content (AvgIpc) is 3.58. The van der Waals surface area contributed by atoms with Crippen LogP contribution in [0.4, 0.5) is 5.95 Å². The molecule has 7 rings (SSSR count). The molecule has 0 amide bonds. The molecule has 0 unspecified atom stereocenters. The van der Waals surface area contributed by atoms with Crippen molar-refractivity contribution in [2.75, 3.05) is 24.5 Å². The van der Waals surface area contributed by atoms with Crippen LogP contribution in [0.1, 0.15) is 32.1 Å². The molecule has 174 valence electrons. The van der Waals surface area contributed by atoms with Crippen LogP contribution in [0.15, 0.2) is 36.9 Å². The van der Waals surface area contributed by atoms with Crippen molar-refractivity contribution in [2.45, 2.75) is 37.6 Å². The van der Waals surface area contributed by atoms with Crippen LogP contribution >= 0.6 is 11.6 Å². The van der Waals surface area contributed by atoms with Gasteiger partial charge in [-0.1, -0.05) is 24.1 Å². The van der Waals surface area contributed by atoms with Crippen molar-refractivity contribution in [3.05, 3.63) is 41.9 Å². The Kier molecular flexibility index (Phi) is 4.45. The van der Waals surface area contributed by atoms with E-state index in [4.69, 9.17) is 21.6 Å². The molecule has 4 aromatic heterocycles. The second kappa shape index (κ2) is 7.45. The highest BCUT2D eigenvalue weighted by Gasteiger charge is 2.36. The molecule has 0 bridgehead atoms. The number of nitrogens with zero attached hydrogens (tertiary/aromatic N) is 6. The van der Waals surface area contributed by atoms with Crippen molar-refractivity contribution in [2.24, 2.45) is 7.05 Å². The summed E-state index contributed by atoms with van der Waals surface area (Å²) in [5, 5.41) is 10.9. The quantitative estimate of drug-likeness (QED) is 0.393. The minimum atomic E-state index is 0.314. The molecule has 5 aromatic rings. The molecule has 0 radical (unpaired) electrons. The summed E-state index contributed by atoms with van der Waals surface area (Å²) in [6.07, 6.45) is 14.1. The van der Waals surface area contributed by atoms with Crippen LogP contribution in [-0.4, -0.2) is 54.3 Å². The number of aromatic amines is 1. The normalized spacial score (nSPS) is 18.6. The zero-order chi connectivity index (χ0) is 22.9. The van der Waals surface area contributed by atoms with E-state index in [0.29, 0.717) is 10.6 Å². The highest BCUT2D eigenvalue weighted by molar-refractivity contribution is 6.38. The van der Waals surface area contributed by atoms with Crippen LogP contribution in [-0.2, 0) is 7.05 Å². The van der Waals surface area contributed by atoms with Crippen molar-refractivity contribution in [1.29, 1.82) is 0 Å². The van der Waals surface area contributed by atoms with E-state index in [-0.39, 0.29) is 0 Å². The summed E-state index contributed by atoms with van der Waals surface area (Å²) in [7, 11) is 1.91. The summed E-state index contributed by atoms with van der Waals surface area (Å²) in [6.45, 7) is 3.14. The lowest BCUT2D eigenvalue weighted by molar-refractivity contribution is 0.205. The fourth-order valence-corrected chi connectivity index (χ4v) is 6.25. The number of H-pyrrole nitrogens is 1. The van der Waals surface area contributed by atoms with Gasteiger partial charge in [0.25, 0.3) is 0 Å². The molecule has 6 heterocycles. The molecular formula is C25H27ClN8. The number of hydrogen-bond acceptors (Lipinski definition) is 5. The zero-order valence-corrected chi connectivity index (χ0v) is 19.9. The number of rotatable bonds is 2. The van der Waals surface area contributed by atoms with Crippen molar-refractivity contribution >= 4 is 45.1 Å². The Labute approximate surface area is 201 Å². The molecule has 2 fully saturated rings. The van der Waals surface area contributed by atoms with E-state index < -0.39 is 0 Å². The van der Waals surface area contributed by atoms with Gasteiger partial charge in [0, 0.05) is 67.0 Å². The van der Waals surface area contributed by atoms with E-state index in [1.54, 1.807) is 4.68 Å². The second-order valence-corrected chi connectivity index (χ2v) is 10.2. The van der Waals surface area contributed by atoms with Crippen LogP contribution in [0.3, 0.4) is 0 Å². The van der Waals surface area contributed by atoms with Gasteiger partial charge in [-0.15, -0.1) is 0 Å². The maximum atomic E-state index is 6.87. The Hall–Kier alpha value is -3.10. The Morgan fingerprint density at radius 1 is 1.09 bits per heavy atom. The summed E-state index contributed by atoms with van der Waals surface area (Å²) in [5.41, 5.74) is 4.89. The van der Waals surface area contributed by atoms with Crippen molar-refractivity contribution in [3.8, 4) is 11.1 Å². The zero-order valence-electron chi connectivity index (χ0n) is 19.2. The molecule has 2 aliphatic heterocycles. The molecular weight excluding hydrogens is 448 g/mol. The number of halogens is 1. The maximum absolute atomic E-state index is 6.87. The molecule has 1 aromatic carbocycles. The molecule has 34 heavy (non-hydrogen) atoms. The second-order valence-electron chi connectivity index (χ2n) is 9.77. The lowest BCUT2D eigenvalue weighted by Crippen LogP contribution is -2.55. The highest BCUT2D eigenvalue weighted by atomic mass is 35.5. The predicted molar refractivity (Wildman–Crippen MR) is 136 cm³/mol. The van der Waals surface area contributed by atoms with Crippen molar-refractivity contribution < 1.29 is 0 Å². The van der Waals surface area contributed by atoms with E-state index in [9.17, 15) is 0 Å². The van der Waals surface area contributed by atoms with Gasteiger partial charge in [-0.2, -0.15) is 10.1 Å². The number of hydrogen-bond donors (Lipinski definition) is 2. The third kappa shape index (κ3) is 2.98. The van der Waals surface area contributed by atoms with Crippen LogP contribution in [0, 0.1) is 0 Å². The van der Waals surface area contributed by atoms with Gasteiger partial charge < -0.3 is 15.2 Å². The standard InChI is InChI=1S/C25H27ClN8/c1-32-15-18-19(31-32)5-4-16(21(18)26)17-14-28-22-20(17)23-27-10-13-34(23)24(30-22)33-11-7-25(8-12-33)6-2-3-9-29-25/h4-5,10,13-15,28-29H,2-3,6-9,11-12H2,1H3. The van der Waals surface area contributed by atoms with E-state index >= 15 is 0 Å². The van der Waals surface area contributed by atoms with Crippen LogP contribution < -0.4 is 10.2 Å². The number of benzene rings is 1. The first kappa shape index (κ1) is 20.3. The van der Waals surface area contributed by atoms with Gasteiger partial charge in [0.15, 0.2) is 5.65 Å². The molecule has 1 spiro atoms. The van der Waals surface area contributed by atoms with Crippen LogP contribution in [0.25, 0.3) is 38.7 Å². The predicted octanol–water partition coefficient (Wildman–Crippen LogP) is 4.53. The monoisotopic (exact) mass is 474 g/mol. The van der Waals surface area contributed by atoms with Gasteiger partial charge in [0.05, 0.1) is 15.9 Å². The number of fused-ring (bicyclic) bond motifs is 4. The largest absolute Gasteiger partial charge is 0.345 e. The highest BCUT2D eigenvalue weighted by Crippen LogP contribution is 2.39. The van der Waals surface area contributed by atoms with E-state index in [0.717, 1.165) is 77.1 Å². The molecule has 0 aliphatic carbocycles. The fourth-order valence-electron chi connectivity index (χ4n) is 5.94. The number of anilines is 1. The first-order valence-electron chi connectivity index (χ1n) is 12.1. The number of aromatic nitrogens is 6. The van der Waals surface area contributed by atoms with E-state index in [1.165, 1.54) is 19.3 Å². The summed E-state index contributed by atoms with van der Waals surface area (Å²) < 4.78 is 3.92. The Morgan fingerprint density at radius 2 is 1.97 bits per heavy atom. The number of piperidine rings is 2. The van der Waals surface area contributed by atoms with Crippen molar-refractivity contribution in [1.82, 2.24) is 34.4 Å². The smallest absolute Gasteiger partial charge is 0.213 e.